The van der Waals surface area contributed by atoms with Crippen molar-refractivity contribution < 1.29 is 32.5 Å². The number of aliphatic hydroxyl groups is 1. The van der Waals surface area contributed by atoms with Crippen LogP contribution in [0.2, 0.25) is 0 Å². The Kier molecular flexibility index (Phi) is 5.66. The molecule has 0 bridgehead atoms. The highest BCUT2D eigenvalue weighted by molar-refractivity contribution is 8.15. The number of methoxy groups -OCH3 is 1. The number of morpholine rings is 1. The molecule has 0 saturated carbocycles. The molecule has 1 aromatic carbocycles. The first kappa shape index (κ1) is 19.6. The van der Waals surface area contributed by atoms with Gasteiger partial charge in [-0.05, 0) is 12.1 Å². The Morgan fingerprint density at radius 1 is 1.33 bits per heavy atom. The van der Waals surface area contributed by atoms with Crippen LogP contribution in [0.4, 0.5) is 18.9 Å². The highest BCUT2D eigenvalue weighted by Crippen LogP contribution is 2.43. The molecule has 0 aliphatic carbocycles. The van der Waals surface area contributed by atoms with Crippen molar-refractivity contribution in [2.24, 2.45) is 4.99 Å². The molecule has 0 unspecified atom stereocenters. The minimum absolute atomic E-state index is 0.0407. The van der Waals surface area contributed by atoms with Crippen molar-refractivity contribution in [2.45, 2.75) is 6.18 Å². The summed E-state index contributed by atoms with van der Waals surface area (Å²) in [7, 11) is 1.24. The Morgan fingerprint density at radius 3 is 2.67 bits per heavy atom. The van der Waals surface area contributed by atoms with Gasteiger partial charge in [-0.1, -0.05) is 17.8 Å². The number of carbonyl (C=O) groups excluding carboxylic acids is 1. The highest BCUT2D eigenvalue weighted by atomic mass is 32.2. The van der Waals surface area contributed by atoms with Gasteiger partial charge in [0, 0.05) is 13.1 Å². The molecule has 1 amide bonds. The first-order valence-electron chi connectivity index (χ1n) is 8.08. The van der Waals surface area contributed by atoms with Crippen LogP contribution < -0.4 is 4.74 Å². The van der Waals surface area contributed by atoms with Crippen LogP contribution in [0, 0.1) is 0 Å². The zero-order valence-corrected chi connectivity index (χ0v) is 15.2. The van der Waals surface area contributed by atoms with Crippen LogP contribution in [-0.2, 0) is 15.7 Å². The summed E-state index contributed by atoms with van der Waals surface area (Å²) in [5, 5.41) is 10.2. The van der Waals surface area contributed by atoms with E-state index >= 15 is 0 Å². The van der Waals surface area contributed by atoms with E-state index in [1.807, 2.05) is 0 Å². The average molecular weight is 402 g/mol. The van der Waals surface area contributed by atoms with Gasteiger partial charge in [-0.15, -0.1) is 0 Å². The number of nitrogens with zero attached hydrogens (tertiary/aromatic N) is 2. The smallest absolute Gasteiger partial charge is 0.418 e. The van der Waals surface area contributed by atoms with Crippen molar-refractivity contribution >= 4 is 28.4 Å². The first-order chi connectivity index (χ1) is 12.8. The van der Waals surface area contributed by atoms with Gasteiger partial charge >= 0.3 is 6.18 Å². The van der Waals surface area contributed by atoms with Gasteiger partial charge < -0.3 is 19.5 Å². The summed E-state index contributed by atoms with van der Waals surface area (Å²) >= 11 is 1.01. The molecule has 146 valence electrons. The maximum atomic E-state index is 13.4. The number of aliphatic hydroxyl groups excluding tert-OH is 1. The van der Waals surface area contributed by atoms with E-state index in [4.69, 9.17) is 9.47 Å². The third-order valence-corrected chi connectivity index (χ3v) is 5.08. The second-order valence-electron chi connectivity index (χ2n) is 5.79. The summed E-state index contributed by atoms with van der Waals surface area (Å²) in [6, 6.07) is 3.48. The van der Waals surface area contributed by atoms with E-state index in [0.717, 1.165) is 17.8 Å². The fraction of sp³-hybridized carbons (Fsp3) is 0.412. The molecule has 1 saturated heterocycles. The van der Waals surface area contributed by atoms with Crippen LogP contribution in [0.3, 0.4) is 0 Å². The Balaban J connectivity index is 2.03. The van der Waals surface area contributed by atoms with E-state index in [0.29, 0.717) is 26.3 Å². The Bertz CT molecular complexity index is 802. The SMILES string of the molecule is COc1cccc(C(F)(F)F)c1N=C1SCC(O)=C1C(=O)N1CCOCC1. The van der Waals surface area contributed by atoms with E-state index < -0.39 is 23.3 Å². The molecule has 3 rings (SSSR count). The molecule has 2 heterocycles. The number of carbonyl (C=O) groups is 1. The van der Waals surface area contributed by atoms with Gasteiger partial charge in [0.2, 0.25) is 0 Å². The van der Waals surface area contributed by atoms with Crippen molar-refractivity contribution in [1.82, 2.24) is 4.90 Å². The summed E-state index contributed by atoms with van der Waals surface area (Å²) < 4.78 is 50.4. The number of alkyl halides is 3. The van der Waals surface area contributed by atoms with Crippen LogP contribution in [-0.4, -0.2) is 60.1 Å². The van der Waals surface area contributed by atoms with Crippen LogP contribution in [0.15, 0.2) is 34.5 Å². The number of rotatable bonds is 3. The van der Waals surface area contributed by atoms with Gasteiger partial charge in [0.25, 0.3) is 5.91 Å². The average Bonchev–Trinajstić information content (AvgIpc) is 3.01. The number of hydrogen-bond acceptors (Lipinski definition) is 6. The third-order valence-electron chi connectivity index (χ3n) is 4.10. The summed E-state index contributed by atoms with van der Waals surface area (Å²) in [5.41, 5.74) is -1.46. The second kappa shape index (κ2) is 7.81. The third kappa shape index (κ3) is 4.06. The van der Waals surface area contributed by atoms with Crippen LogP contribution >= 0.6 is 11.8 Å². The number of thioether (sulfide) groups is 1. The van der Waals surface area contributed by atoms with Crippen LogP contribution in [0.5, 0.6) is 5.75 Å². The lowest BCUT2D eigenvalue weighted by atomic mass is 10.1. The normalized spacial score (nSPS) is 19.7. The lowest BCUT2D eigenvalue weighted by molar-refractivity contribution is -0.137. The van der Waals surface area contributed by atoms with Crippen molar-refractivity contribution in [2.75, 3.05) is 39.2 Å². The summed E-state index contributed by atoms with van der Waals surface area (Å²) in [4.78, 5) is 18.3. The molecule has 2 aliphatic heterocycles. The van der Waals surface area contributed by atoms with Gasteiger partial charge in [-0.25, -0.2) is 4.99 Å². The van der Waals surface area contributed by atoms with Crippen molar-refractivity contribution in [3.8, 4) is 5.75 Å². The lowest BCUT2D eigenvalue weighted by Gasteiger charge is -2.27. The topological polar surface area (TPSA) is 71.4 Å². The first-order valence-corrected chi connectivity index (χ1v) is 9.06. The molecule has 2 aliphatic rings. The molecule has 1 fully saturated rings. The van der Waals surface area contributed by atoms with Crippen molar-refractivity contribution in [3.63, 3.8) is 0 Å². The molecule has 0 atom stereocenters. The fourth-order valence-electron chi connectivity index (χ4n) is 2.76. The number of benzene rings is 1. The summed E-state index contributed by atoms with van der Waals surface area (Å²) in [5.74, 6) is -0.662. The van der Waals surface area contributed by atoms with Gasteiger partial charge in [-0.3, -0.25) is 4.79 Å². The number of aliphatic imine (C=N–C) groups is 1. The molecule has 27 heavy (non-hydrogen) atoms. The van der Waals surface area contributed by atoms with Gasteiger partial charge in [0.15, 0.2) is 0 Å². The van der Waals surface area contributed by atoms with E-state index in [9.17, 15) is 23.1 Å². The molecule has 0 radical (unpaired) electrons. The monoisotopic (exact) mass is 402 g/mol. The molecule has 10 heteroatoms. The predicted molar refractivity (Wildman–Crippen MR) is 94.6 cm³/mol. The van der Waals surface area contributed by atoms with Crippen LogP contribution in [0.1, 0.15) is 5.56 Å². The molecular weight excluding hydrogens is 385 g/mol. The Morgan fingerprint density at radius 2 is 2.04 bits per heavy atom. The maximum Gasteiger partial charge on any atom is 0.418 e. The molecule has 6 nitrogen and oxygen atoms in total. The number of para-hydroxylation sites is 1. The highest BCUT2D eigenvalue weighted by Gasteiger charge is 2.37. The molecule has 1 N–H and O–H groups in total. The van der Waals surface area contributed by atoms with Gasteiger partial charge in [-0.2, -0.15) is 13.2 Å². The molecule has 1 aromatic rings. The van der Waals surface area contributed by atoms with Gasteiger partial charge in [0.05, 0.1) is 31.6 Å². The molecule has 0 spiro atoms. The quantitative estimate of drug-likeness (QED) is 0.841. The van der Waals surface area contributed by atoms with Crippen molar-refractivity contribution in [1.29, 1.82) is 0 Å². The van der Waals surface area contributed by atoms with Crippen LogP contribution in [0.25, 0.3) is 0 Å². The summed E-state index contributed by atoms with van der Waals surface area (Å²) in [6.07, 6.45) is -4.64. The van der Waals surface area contributed by atoms with E-state index in [1.165, 1.54) is 24.1 Å². The van der Waals surface area contributed by atoms with E-state index in [-0.39, 0.29) is 27.9 Å². The lowest BCUT2D eigenvalue weighted by Crippen LogP contribution is -2.42. The number of hydrogen-bond donors (Lipinski definition) is 1. The van der Waals surface area contributed by atoms with Crippen molar-refractivity contribution in [3.05, 3.63) is 35.1 Å². The van der Waals surface area contributed by atoms with Gasteiger partial charge in [0.1, 0.15) is 27.8 Å². The minimum Gasteiger partial charge on any atom is -0.510 e. The predicted octanol–water partition coefficient (Wildman–Crippen LogP) is 3.16. The Hall–Kier alpha value is -2.20. The standard InChI is InChI=1S/C17H17F3N2O4S/c1-25-12-4-2-3-10(17(18,19)20)14(12)21-15-13(11(23)9-27-15)16(24)22-5-7-26-8-6-22/h2-4,23H,5-9H2,1H3. The maximum absolute atomic E-state index is 13.4. The molecule has 0 aromatic heterocycles. The zero-order valence-electron chi connectivity index (χ0n) is 14.4. The Labute approximate surface area is 157 Å². The summed E-state index contributed by atoms with van der Waals surface area (Å²) in [6.45, 7) is 1.42. The number of amides is 1. The fourth-order valence-corrected chi connectivity index (χ4v) is 3.69. The zero-order chi connectivity index (χ0) is 19.6. The van der Waals surface area contributed by atoms with E-state index in [1.54, 1.807) is 0 Å². The van der Waals surface area contributed by atoms with E-state index in [2.05, 4.69) is 4.99 Å². The largest absolute Gasteiger partial charge is 0.510 e. The number of halogens is 3. The second-order valence-corrected chi connectivity index (χ2v) is 6.75. The minimum atomic E-state index is -4.64. The number of ether oxygens (including phenoxy) is 2. The molecular formula is C17H17F3N2O4S.